The second-order valence-electron chi connectivity index (χ2n) is 10.6. The molecule has 5 heteroatoms. The third kappa shape index (κ3) is 6.88. The molecule has 0 aliphatic rings. The summed E-state index contributed by atoms with van der Waals surface area (Å²) in [7, 11) is 0. The van der Waals surface area contributed by atoms with E-state index in [2.05, 4.69) is 25.3 Å². The molecule has 4 rings (SSSR count). The summed E-state index contributed by atoms with van der Waals surface area (Å²) in [6, 6.07) is 18.5. The Bertz CT molecular complexity index is 1480. The molecule has 0 fully saturated rings. The molecule has 0 unspecified atom stereocenters. The third-order valence-corrected chi connectivity index (χ3v) is 7.61. The van der Waals surface area contributed by atoms with Crippen molar-refractivity contribution in [3.05, 3.63) is 77.4 Å². The maximum atomic E-state index is 13.4. The van der Waals surface area contributed by atoms with Crippen LogP contribution in [0.4, 0.5) is 0 Å². The summed E-state index contributed by atoms with van der Waals surface area (Å²) in [4.78, 5) is 38.4. The number of ether oxygens (including phenoxy) is 1. The minimum absolute atomic E-state index is 0.0973. The van der Waals surface area contributed by atoms with Crippen molar-refractivity contribution in [3.63, 3.8) is 0 Å². The molecule has 0 radical (unpaired) electrons. The molecule has 0 saturated carbocycles. The molecular formula is C35H41NO4. The van der Waals surface area contributed by atoms with Crippen LogP contribution in [0.15, 0.2) is 60.7 Å². The van der Waals surface area contributed by atoms with Crippen LogP contribution in [-0.2, 0) is 11.3 Å². The minimum Gasteiger partial charge on any atom is -0.427 e. The first-order chi connectivity index (χ1) is 19.5. The summed E-state index contributed by atoms with van der Waals surface area (Å²) in [5.41, 5.74) is 3.95. The third-order valence-electron chi connectivity index (χ3n) is 7.61. The van der Waals surface area contributed by atoms with E-state index in [1.165, 1.54) is 0 Å². The van der Waals surface area contributed by atoms with Gasteiger partial charge < -0.3 is 9.30 Å². The molecule has 4 aromatic rings. The van der Waals surface area contributed by atoms with E-state index in [-0.39, 0.29) is 17.5 Å². The zero-order chi connectivity index (χ0) is 28.5. The van der Waals surface area contributed by atoms with Crippen LogP contribution in [0, 0.1) is 0 Å². The van der Waals surface area contributed by atoms with Crippen molar-refractivity contribution in [2.45, 2.75) is 91.5 Å². The summed E-state index contributed by atoms with van der Waals surface area (Å²) in [5.74, 6) is 0.279. The maximum Gasteiger partial charge on any atom is 0.311 e. The summed E-state index contributed by atoms with van der Waals surface area (Å²) >= 11 is 0. The highest BCUT2D eigenvalue weighted by Gasteiger charge is 2.17. The lowest BCUT2D eigenvalue weighted by molar-refractivity contribution is -0.134. The molecule has 5 nitrogen and oxygen atoms in total. The average Bonchev–Trinajstić information content (AvgIpc) is 3.29. The van der Waals surface area contributed by atoms with Crippen molar-refractivity contribution < 1.29 is 19.1 Å². The summed E-state index contributed by atoms with van der Waals surface area (Å²) in [6.45, 7) is 7.19. The van der Waals surface area contributed by atoms with E-state index >= 15 is 0 Å². The van der Waals surface area contributed by atoms with Gasteiger partial charge in [0.1, 0.15) is 5.75 Å². The lowest BCUT2D eigenvalue weighted by Gasteiger charge is -2.07. The van der Waals surface area contributed by atoms with Gasteiger partial charge in [-0.15, -0.1) is 0 Å². The van der Waals surface area contributed by atoms with Gasteiger partial charge in [-0.1, -0.05) is 52.4 Å². The number of hydrogen-bond acceptors (Lipinski definition) is 4. The van der Waals surface area contributed by atoms with Gasteiger partial charge in [-0.05, 0) is 80.4 Å². The van der Waals surface area contributed by atoms with Crippen molar-refractivity contribution in [2.75, 3.05) is 0 Å². The molecule has 0 saturated heterocycles. The van der Waals surface area contributed by atoms with Crippen molar-refractivity contribution in [1.82, 2.24) is 4.57 Å². The van der Waals surface area contributed by atoms with E-state index < -0.39 is 0 Å². The van der Waals surface area contributed by atoms with Crippen molar-refractivity contribution in [3.8, 4) is 5.75 Å². The van der Waals surface area contributed by atoms with Crippen LogP contribution in [0.3, 0.4) is 0 Å². The molecule has 0 atom stereocenters. The Balaban J connectivity index is 1.54. The summed E-state index contributed by atoms with van der Waals surface area (Å²) in [6.07, 6.45) is 9.35. The van der Waals surface area contributed by atoms with E-state index in [9.17, 15) is 14.4 Å². The number of carbonyl (C=O) groups excluding carboxylic acids is 3. The number of aromatic nitrogens is 1. The molecule has 0 amide bonds. The maximum absolute atomic E-state index is 13.4. The Hall–Kier alpha value is -3.73. The van der Waals surface area contributed by atoms with Crippen molar-refractivity contribution in [2.24, 2.45) is 0 Å². The molecule has 0 N–H and O–H groups in total. The molecule has 210 valence electrons. The first-order valence-corrected chi connectivity index (χ1v) is 14.9. The molecule has 0 spiro atoms. The quantitative estimate of drug-likeness (QED) is 0.0654. The van der Waals surface area contributed by atoms with Gasteiger partial charge >= 0.3 is 5.97 Å². The van der Waals surface area contributed by atoms with Gasteiger partial charge in [-0.3, -0.25) is 14.4 Å². The number of benzene rings is 3. The number of hydrogen-bond donors (Lipinski definition) is 0. The zero-order valence-electron chi connectivity index (χ0n) is 24.1. The first-order valence-electron chi connectivity index (χ1n) is 14.9. The largest absolute Gasteiger partial charge is 0.427 e. The number of fused-ring (bicyclic) bond motifs is 3. The molecule has 1 heterocycles. The SMILES string of the molecule is CCCCCCC(=O)Oc1ccc(C(=O)c2ccc3c(c2)c2cc(C(=O)CCCCCC)ccc2n3CC)cc1. The number of ketones is 2. The molecule has 0 aliphatic carbocycles. The molecule has 0 bridgehead atoms. The number of aryl methyl sites for hydroxylation is 1. The van der Waals surface area contributed by atoms with Crippen LogP contribution in [0.25, 0.3) is 21.8 Å². The highest BCUT2D eigenvalue weighted by atomic mass is 16.5. The minimum atomic E-state index is -0.244. The fraction of sp³-hybridized carbons (Fsp3) is 0.400. The van der Waals surface area contributed by atoms with E-state index in [1.54, 1.807) is 24.3 Å². The molecular weight excluding hydrogens is 498 g/mol. The lowest BCUT2D eigenvalue weighted by atomic mass is 9.99. The Morgan fingerprint density at radius 3 is 1.77 bits per heavy atom. The second-order valence-corrected chi connectivity index (χ2v) is 10.6. The topological polar surface area (TPSA) is 65.4 Å². The summed E-state index contributed by atoms with van der Waals surface area (Å²) < 4.78 is 7.66. The Labute approximate surface area is 237 Å². The van der Waals surface area contributed by atoms with Gasteiger partial charge in [0, 0.05) is 57.9 Å². The number of esters is 1. The van der Waals surface area contributed by atoms with E-state index in [0.717, 1.165) is 85.3 Å². The number of unbranched alkanes of at least 4 members (excludes halogenated alkanes) is 6. The Morgan fingerprint density at radius 2 is 1.18 bits per heavy atom. The van der Waals surface area contributed by atoms with Crippen LogP contribution < -0.4 is 4.74 Å². The van der Waals surface area contributed by atoms with Gasteiger partial charge in [0.2, 0.25) is 0 Å². The highest BCUT2D eigenvalue weighted by Crippen LogP contribution is 2.32. The van der Waals surface area contributed by atoms with Gasteiger partial charge in [0.15, 0.2) is 11.6 Å². The van der Waals surface area contributed by atoms with Gasteiger partial charge in [0.05, 0.1) is 0 Å². The fourth-order valence-electron chi connectivity index (χ4n) is 5.34. The molecule has 40 heavy (non-hydrogen) atoms. The average molecular weight is 540 g/mol. The molecule has 3 aromatic carbocycles. The number of carbonyl (C=O) groups is 3. The predicted octanol–water partition coefficient (Wildman–Crippen LogP) is 9.07. The van der Waals surface area contributed by atoms with Crippen LogP contribution >= 0.6 is 0 Å². The number of nitrogens with zero attached hydrogens (tertiary/aromatic N) is 1. The van der Waals surface area contributed by atoms with Crippen LogP contribution in [0.2, 0.25) is 0 Å². The van der Waals surface area contributed by atoms with E-state index in [4.69, 9.17) is 4.74 Å². The van der Waals surface area contributed by atoms with Crippen molar-refractivity contribution in [1.29, 1.82) is 0 Å². The predicted molar refractivity (Wildman–Crippen MR) is 162 cm³/mol. The lowest BCUT2D eigenvalue weighted by Crippen LogP contribution is -2.08. The Kier molecular flexibility index (Phi) is 10.3. The Morgan fingerprint density at radius 1 is 0.625 bits per heavy atom. The van der Waals surface area contributed by atoms with Crippen LogP contribution in [-0.4, -0.2) is 22.1 Å². The van der Waals surface area contributed by atoms with Gasteiger partial charge in [-0.2, -0.15) is 0 Å². The van der Waals surface area contributed by atoms with Crippen LogP contribution in [0.5, 0.6) is 5.75 Å². The second kappa shape index (κ2) is 14.1. The summed E-state index contributed by atoms with van der Waals surface area (Å²) in [5, 5.41) is 1.96. The normalized spacial score (nSPS) is 11.3. The standard InChI is InChI=1S/C35H41NO4/c1-4-7-9-11-13-33(37)26-17-21-31-29(23-26)30-24-27(18-22-32(30)36(31)6-3)35(39)25-15-19-28(20-16-25)40-34(38)14-12-10-8-5-2/h15-24H,4-14H2,1-3H3. The van der Waals surface area contributed by atoms with Gasteiger partial charge in [0.25, 0.3) is 0 Å². The number of Topliss-reactive ketones (excluding diaryl/α,β-unsaturated/α-hetero) is 1. The van der Waals surface area contributed by atoms with Gasteiger partial charge in [-0.25, -0.2) is 0 Å². The van der Waals surface area contributed by atoms with E-state index in [1.807, 2.05) is 36.4 Å². The van der Waals surface area contributed by atoms with E-state index in [0.29, 0.717) is 29.7 Å². The van der Waals surface area contributed by atoms with Crippen LogP contribution in [0.1, 0.15) is 111 Å². The number of rotatable bonds is 15. The molecule has 0 aliphatic heterocycles. The highest BCUT2D eigenvalue weighted by molar-refractivity contribution is 6.15. The fourth-order valence-corrected chi connectivity index (χ4v) is 5.34. The molecule has 1 aromatic heterocycles. The smallest absolute Gasteiger partial charge is 0.311 e. The monoisotopic (exact) mass is 539 g/mol. The zero-order valence-corrected chi connectivity index (χ0v) is 24.1. The first kappa shape index (κ1) is 29.3. The van der Waals surface area contributed by atoms with Crippen molar-refractivity contribution >= 4 is 39.3 Å².